The molecule has 0 radical (unpaired) electrons. The Bertz CT molecular complexity index is 304. The first kappa shape index (κ1) is 11.4. The maximum absolute atomic E-state index is 13.4. The number of halogens is 2. The van der Waals surface area contributed by atoms with Gasteiger partial charge in [-0.1, -0.05) is 23.7 Å². The van der Waals surface area contributed by atoms with Crippen LogP contribution in [0.3, 0.4) is 0 Å². The molecule has 0 saturated heterocycles. The molecule has 0 unspecified atom stereocenters. The molecule has 0 saturated carbocycles. The standard InChI is InChI=1S/C10H14ClFN2/c1-7(5-13)14-6-8-3-2-4-9(11)10(8)12/h2-4,7,14H,5-6,13H2,1H3/t7-/m1/s1. The Kier molecular flexibility index (Phi) is 4.32. The van der Waals surface area contributed by atoms with Gasteiger partial charge in [-0.05, 0) is 13.0 Å². The lowest BCUT2D eigenvalue weighted by molar-refractivity contribution is 0.533. The third-order valence-corrected chi connectivity index (χ3v) is 2.32. The summed E-state index contributed by atoms with van der Waals surface area (Å²) in [5.41, 5.74) is 5.99. The number of benzene rings is 1. The van der Waals surface area contributed by atoms with Crippen LogP contribution in [0, 0.1) is 5.82 Å². The van der Waals surface area contributed by atoms with Crippen LogP contribution in [0.1, 0.15) is 12.5 Å². The summed E-state index contributed by atoms with van der Waals surface area (Å²) in [6.07, 6.45) is 0. The van der Waals surface area contributed by atoms with E-state index >= 15 is 0 Å². The number of hydrogen-bond donors (Lipinski definition) is 2. The first-order valence-electron chi connectivity index (χ1n) is 4.51. The summed E-state index contributed by atoms with van der Waals surface area (Å²) in [5, 5.41) is 3.25. The van der Waals surface area contributed by atoms with Gasteiger partial charge in [-0.15, -0.1) is 0 Å². The molecule has 1 aromatic rings. The van der Waals surface area contributed by atoms with E-state index in [1.165, 1.54) is 6.07 Å². The lowest BCUT2D eigenvalue weighted by Crippen LogP contribution is -2.32. The first-order chi connectivity index (χ1) is 6.65. The molecule has 0 amide bonds. The van der Waals surface area contributed by atoms with Crippen molar-refractivity contribution in [2.24, 2.45) is 5.73 Å². The van der Waals surface area contributed by atoms with Crippen molar-refractivity contribution < 1.29 is 4.39 Å². The molecule has 1 atom stereocenters. The highest BCUT2D eigenvalue weighted by atomic mass is 35.5. The highest BCUT2D eigenvalue weighted by Crippen LogP contribution is 2.17. The Morgan fingerprint density at radius 3 is 2.93 bits per heavy atom. The first-order valence-corrected chi connectivity index (χ1v) is 4.89. The van der Waals surface area contributed by atoms with Crippen molar-refractivity contribution in [2.45, 2.75) is 19.5 Å². The van der Waals surface area contributed by atoms with Gasteiger partial charge in [0.15, 0.2) is 0 Å². The van der Waals surface area contributed by atoms with Crippen LogP contribution in [0.2, 0.25) is 5.02 Å². The van der Waals surface area contributed by atoms with E-state index in [0.29, 0.717) is 18.7 Å². The molecule has 0 spiro atoms. The minimum Gasteiger partial charge on any atom is -0.329 e. The Labute approximate surface area is 88.2 Å². The van der Waals surface area contributed by atoms with Crippen molar-refractivity contribution in [1.29, 1.82) is 0 Å². The average Bonchev–Trinajstić information content (AvgIpc) is 2.20. The van der Waals surface area contributed by atoms with Gasteiger partial charge >= 0.3 is 0 Å². The van der Waals surface area contributed by atoms with E-state index in [-0.39, 0.29) is 16.9 Å². The van der Waals surface area contributed by atoms with E-state index in [4.69, 9.17) is 17.3 Å². The van der Waals surface area contributed by atoms with E-state index < -0.39 is 0 Å². The number of nitrogens with two attached hydrogens (primary N) is 1. The second kappa shape index (κ2) is 5.29. The second-order valence-electron chi connectivity index (χ2n) is 3.23. The Hall–Kier alpha value is -0.640. The molecule has 0 heterocycles. The molecule has 1 rings (SSSR count). The molecule has 1 aromatic carbocycles. The predicted octanol–water partition coefficient (Wildman–Crippen LogP) is 1.92. The van der Waals surface area contributed by atoms with Crippen molar-refractivity contribution in [2.75, 3.05) is 6.54 Å². The van der Waals surface area contributed by atoms with E-state index in [1.54, 1.807) is 12.1 Å². The molecule has 0 aliphatic carbocycles. The van der Waals surface area contributed by atoms with Gasteiger partial charge < -0.3 is 11.1 Å². The van der Waals surface area contributed by atoms with Crippen molar-refractivity contribution in [3.05, 3.63) is 34.6 Å². The van der Waals surface area contributed by atoms with Crippen LogP contribution in [0.25, 0.3) is 0 Å². The molecule has 0 fully saturated rings. The zero-order valence-electron chi connectivity index (χ0n) is 8.06. The summed E-state index contributed by atoms with van der Waals surface area (Å²) >= 11 is 5.64. The lowest BCUT2D eigenvalue weighted by atomic mass is 10.2. The van der Waals surface area contributed by atoms with Gasteiger partial charge in [-0.2, -0.15) is 0 Å². The Balaban J connectivity index is 2.63. The summed E-state index contributed by atoms with van der Waals surface area (Å²) in [5.74, 6) is -0.356. The molecule has 0 aliphatic heterocycles. The molecular formula is C10H14ClFN2. The molecule has 3 N–H and O–H groups in total. The smallest absolute Gasteiger partial charge is 0.146 e. The molecule has 14 heavy (non-hydrogen) atoms. The van der Waals surface area contributed by atoms with Crippen molar-refractivity contribution >= 4 is 11.6 Å². The van der Waals surface area contributed by atoms with Gasteiger partial charge in [-0.3, -0.25) is 0 Å². The molecule has 2 nitrogen and oxygen atoms in total. The molecule has 0 aromatic heterocycles. The SMILES string of the molecule is C[C@H](CN)NCc1cccc(Cl)c1F. The molecule has 0 bridgehead atoms. The zero-order valence-corrected chi connectivity index (χ0v) is 8.81. The van der Waals surface area contributed by atoms with Crippen LogP contribution in [0.5, 0.6) is 0 Å². The fourth-order valence-electron chi connectivity index (χ4n) is 1.05. The summed E-state index contributed by atoms with van der Waals surface area (Å²) in [7, 11) is 0. The van der Waals surface area contributed by atoms with Gasteiger partial charge in [0.2, 0.25) is 0 Å². The molecule has 0 aliphatic rings. The van der Waals surface area contributed by atoms with Crippen LogP contribution >= 0.6 is 11.6 Å². The molecule has 4 heteroatoms. The third kappa shape index (κ3) is 2.94. The highest BCUT2D eigenvalue weighted by molar-refractivity contribution is 6.30. The quantitative estimate of drug-likeness (QED) is 0.807. The van der Waals surface area contributed by atoms with Gasteiger partial charge in [0.1, 0.15) is 5.82 Å². The maximum Gasteiger partial charge on any atom is 0.146 e. The minimum absolute atomic E-state index is 0.157. The van der Waals surface area contributed by atoms with E-state index in [2.05, 4.69) is 5.32 Å². The predicted molar refractivity (Wildman–Crippen MR) is 56.8 cm³/mol. The summed E-state index contributed by atoms with van der Waals surface area (Å²) in [6.45, 7) is 2.93. The lowest BCUT2D eigenvalue weighted by Gasteiger charge is -2.11. The summed E-state index contributed by atoms with van der Waals surface area (Å²) in [4.78, 5) is 0. The van der Waals surface area contributed by atoms with Crippen LogP contribution < -0.4 is 11.1 Å². The zero-order chi connectivity index (χ0) is 10.6. The van der Waals surface area contributed by atoms with Crippen LogP contribution in [-0.4, -0.2) is 12.6 Å². The van der Waals surface area contributed by atoms with Crippen molar-refractivity contribution in [3.8, 4) is 0 Å². The summed E-state index contributed by atoms with van der Waals surface area (Å²) < 4.78 is 13.4. The number of hydrogen-bond acceptors (Lipinski definition) is 2. The number of rotatable bonds is 4. The molecule has 78 valence electrons. The normalized spacial score (nSPS) is 12.9. The van der Waals surface area contributed by atoms with Gasteiger partial charge in [0, 0.05) is 24.7 Å². The number of nitrogens with one attached hydrogen (secondary N) is 1. The topological polar surface area (TPSA) is 38.0 Å². The fourth-order valence-corrected chi connectivity index (χ4v) is 1.25. The van der Waals surface area contributed by atoms with E-state index in [1.807, 2.05) is 6.92 Å². The largest absolute Gasteiger partial charge is 0.329 e. The Morgan fingerprint density at radius 2 is 2.29 bits per heavy atom. The van der Waals surface area contributed by atoms with Crippen LogP contribution in [0.4, 0.5) is 4.39 Å². The fraction of sp³-hybridized carbons (Fsp3) is 0.400. The summed E-state index contributed by atoms with van der Waals surface area (Å²) in [6, 6.07) is 5.15. The third-order valence-electron chi connectivity index (χ3n) is 2.03. The van der Waals surface area contributed by atoms with Gasteiger partial charge in [-0.25, -0.2) is 4.39 Å². The minimum atomic E-state index is -0.356. The average molecular weight is 217 g/mol. The maximum atomic E-state index is 13.4. The van der Waals surface area contributed by atoms with E-state index in [9.17, 15) is 4.39 Å². The van der Waals surface area contributed by atoms with Crippen LogP contribution in [-0.2, 0) is 6.54 Å². The second-order valence-corrected chi connectivity index (χ2v) is 3.64. The van der Waals surface area contributed by atoms with Gasteiger partial charge in [0.05, 0.1) is 5.02 Å². The molecular weight excluding hydrogens is 203 g/mol. The van der Waals surface area contributed by atoms with E-state index in [0.717, 1.165) is 0 Å². The van der Waals surface area contributed by atoms with Crippen molar-refractivity contribution in [1.82, 2.24) is 5.32 Å². The van der Waals surface area contributed by atoms with Crippen molar-refractivity contribution in [3.63, 3.8) is 0 Å². The monoisotopic (exact) mass is 216 g/mol. The highest BCUT2D eigenvalue weighted by Gasteiger charge is 2.06. The van der Waals surface area contributed by atoms with Crippen LogP contribution in [0.15, 0.2) is 18.2 Å². The van der Waals surface area contributed by atoms with Gasteiger partial charge in [0.25, 0.3) is 0 Å². The Morgan fingerprint density at radius 1 is 1.57 bits per heavy atom.